The zero-order chi connectivity index (χ0) is 26.3. The van der Waals surface area contributed by atoms with Crippen molar-refractivity contribution in [1.29, 1.82) is 0 Å². The Bertz CT molecular complexity index is 1660. The third-order valence-corrected chi connectivity index (χ3v) is 8.02. The largest absolute Gasteiger partial charge is 0.364 e. The van der Waals surface area contributed by atoms with Crippen LogP contribution < -0.4 is 15.8 Å². The molecule has 0 saturated carbocycles. The van der Waals surface area contributed by atoms with Crippen molar-refractivity contribution in [1.82, 2.24) is 14.5 Å². The minimum atomic E-state index is -3.62. The molecule has 0 unspecified atom stereocenters. The maximum Gasteiger partial charge on any atom is 0.269 e. The summed E-state index contributed by atoms with van der Waals surface area (Å²) in [5.74, 6) is -1.01. The number of sulfonamides is 1. The van der Waals surface area contributed by atoms with Gasteiger partial charge in [0.05, 0.1) is 26.9 Å². The van der Waals surface area contributed by atoms with Crippen LogP contribution in [0.25, 0.3) is 16.9 Å². The molecule has 0 saturated heterocycles. The molecule has 1 aromatic heterocycles. The predicted molar refractivity (Wildman–Crippen MR) is 141 cm³/mol. The number of aryl methyl sites for hydroxylation is 1. The average molecular weight is 536 g/mol. The second-order valence-corrected chi connectivity index (χ2v) is 10.8. The molecule has 1 aliphatic carbocycles. The number of carbonyl (C=O) groups excluding carboxylic acids is 2. The molecule has 9 nitrogen and oxygen atoms in total. The van der Waals surface area contributed by atoms with Crippen molar-refractivity contribution < 1.29 is 18.0 Å². The molecule has 0 aliphatic heterocycles. The van der Waals surface area contributed by atoms with Gasteiger partial charge in [0.2, 0.25) is 10.0 Å². The Morgan fingerprint density at radius 3 is 2.43 bits per heavy atom. The molecule has 4 aromatic rings. The number of carbonyl (C=O) groups is 2. The fraction of sp³-hybridized carbons (Fsp3) is 0.115. The van der Waals surface area contributed by atoms with Crippen LogP contribution in [0, 0.1) is 0 Å². The van der Waals surface area contributed by atoms with Crippen molar-refractivity contribution in [2.75, 3.05) is 12.4 Å². The number of nitrogens with two attached hydrogens (primary N) is 1. The summed E-state index contributed by atoms with van der Waals surface area (Å²) in [4.78, 5) is 25.2. The van der Waals surface area contributed by atoms with E-state index in [1.807, 2.05) is 18.2 Å². The number of hydrogen-bond donors (Lipinski definition) is 3. The fourth-order valence-corrected chi connectivity index (χ4v) is 5.38. The normalized spacial score (nSPS) is 12.5. The van der Waals surface area contributed by atoms with Gasteiger partial charge in [0.15, 0.2) is 5.69 Å². The first-order chi connectivity index (χ1) is 17.7. The minimum Gasteiger partial charge on any atom is -0.364 e. The third kappa shape index (κ3) is 4.50. The third-order valence-electron chi connectivity index (χ3n) is 6.26. The molecule has 0 bridgehead atoms. The van der Waals surface area contributed by atoms with E-state index in [-0.39, 0.29) is 16.5 Å². The van der Waals surface area contributed by atoms with E-state index in [1.165, 1.54) is 19.2 Å². The molecule has 11 heteroatoms. The van der Waals surface area contributed by atoms with Crippen LogP contribution in [-0.4, -0.2) is 37.1 Å². The Kier molecular flexibility index (Phi) is 6.32. The van der Waals surface area contributed by atoms with Crippen LogP contribution in [0.3, 0.4) is 0 Å². The smallest absolute Gasteiger partial charge is 0.269 e. The highest BCUT2D eigenvalue weighted by molar-refractivity contribution is 7.89. The lowest BCUT2D eigenvalue weighted by atomic mass is 9.88. The first kappa shape index (κ1) is 24.7. The molecule has 0 spiro atoms. The molecule has 0 fully saturated rings. The Hall–Kier alpha value is -3.99. The van der Waals surface area contributed by atoms with Gasteiger partial charge in [0.25, 0.3) is 11.8 Å². The number of nitrogens with one attached hydrogen (secondary N) is 2. The van der Waals surface area contributed by atoms with E-state index in [4.69, 9.17) is 17.3 Å². The molecule has 37 heavy (non-hydrogen) atoms. The van der Waals surface area contributed by atoms with Crippen molar-refractivity contribution in [3.05, 3.63) is 94.1 Å². The Balaban J connectivity index is 1.60. The molecule has 0 radical (unpaired) electrons. The molecule has 1 heterocycles. The highest BCUT2D eigenvalue weighted by atomic mass is 35.5. The van der Waals surface area contributed by atoms with Crippen LogP contribution >= 0.6 is 11.6 Å². The summed E-state index contributed by atoms with van der Waals surface area (Å²) >= 11 is 6.18. The number of halogens is 1. The predicted octanol–water partition coefficient (Wildman–Crippen LogP) is 3.55. The summed E-state index contributed by atoms with van der Waals surface area (Å²) in [6.45, 7) is 0. The van der Waals surface area contributed by atoms with E-state index in [2.05, 4.69) is 15.1 Å². The maximum atomic E-state index is 12.8. The number of nitrogens with zero attached hydrogens (tertiary/aromatic N) is 2. The van der Waals surface area contributed by atoms with Gasteiger partial charge in [0, 0.05) is 16.8 Å². The summed E-state index contributed by atoms with van der Waals surface area (Å²) < 4.78 is 28.2. The van der Waals surface area contributed by atoms with E-state index >= 15 is 0 Å². The van der Waals surface area contributed by atoms with Gasteiger partial charge < -0.3 is 11.1 Å². The van der Waals surface area contributed by atoms with Crippen molar-refractivity contribution >= 4 is 39.1 Å². The highest BCUT2D eigenvalue weighted by Gasteiger charge is 2.28. The Labute approximate surface area is 218 Å². The number of benzene rings is 3. The number of amides is 2. The molecule has 1 aliphatic rings. The van der Waals surface area contributed by atoms with Gasteiger partial charge in [-0.25, -0.2) is 17.8 Å². The lowest BCUT2D eigenvalue weighted by molar-refractivity contribution is 0.0992. The van der Waals surface area contributed by atoms with Gasteiger partial charge in [-0.1, -0.05) is 29.8 Å². The Morgan fingerprint density at radius 1 is 1.03 bits per heavy atom. The molecule has 2 amide bonds. The van der Waals surface area contributed by atoms with Gasteiger partial charge in [-0.2, -0.15) is 5.10 Å². The van der Waals surface area contributed by atoms with Crippen LogP contribution in [0.1, 0.15) is 32.0 Å². The van der Waals surface area contributed by atoms with Crippen molar-refractivity contribution in [2.45, 2.75) is 17.7 Å². The quantitative estimate of drug-likeness (QED) is 0.347. The summed E-state index contributed by atoms with van der Waals surface area (Å²) in [6, 6.07) is 18.5. The van der Waals surface area contributed by atoms with Gasteiger partial charge in [0.1, 0.15) is 0 Å². The first-order valence-corrected chi connectivity index (χ1v) is 13.2. The van der Waals surface area contributed by atoms with E-state index in [0.29, 0.717) is 46.1 Å². The summed E-state index contributed by atoms with van der Waals surface area (Å²) in [7, 11) is -2.28. The van der Waals surface area contributed by atoms with Crippen LogP contribution in [0.5, 0.6) is 0 Å². The number of hydrogen-bond acceptors (Lipinski definition) is 5. The summed E-state index contributed by atoms with van der Waals surface area (Å²) in [6.07, 6.45) is 1.21. The first-order valence-electron chi connectivity index (χ1n) is 11.3. The summed E-state index contributed by atoms with van der Waals surface area (Å²) in [5.41, 5.74) is 10.4. The van der Waals surface area contributed by atoms with Gasteiger partial charge in [-0.3, -0.25) is 9.59 Å². The monoisotopic (exact) mass is 535 g/mol. The number of primary amides is 1. The van der Waals surface area contributed by atoms with E-state index in [9.17, 15) is 18.0 Å². The zero-order valence-electron chi connectivity index (χ0n) is 19.7. The number of rotatable bonds is 6. The van der Waals surface area contributed by atoms with E-state index < -0.39 is 15.9 Å². The van der Waals surface area contributed by atoms with Crippen molar-refractivity contribution in [2.24, 2.45) is 5.73 Å². The molecule has 188 valence electrons. The average Bonchev–Trinajstić information content (AvgIpc) is 3.29. The van der Waals surface area contributed by atoms with Gasteiger partial charge in [-0.15, -0.1) is 0 Å². The Morgan fingerprint density at radius 2 is 1.76 bits per heavy atom. The van der Waals surface area contributed by atoms with Gasteiger partial charge >= 0.3 is 0 Å². The minimum absolute atomic E-state index is 0.0971. The topological polar surface area (TPSA) is 136 Å². The van der Waals surface area contributed by atoms with Crippen molar-refractivity contribution in [3.8, 4) is 16.9 Å². The molecule has 5 rings (SSSR count). The summed E-state index contributed by atoms with van der Waals surface area (Å²) in [5, 5.41) is 7.72. The molecule has 4 N–H and O–H groups in total. The zero-order valence-corrected chi connectivity index (χ0v) is 21.2. The van der Waals surface area contributed by atoms with Gasteiger partial charge in [-0.05, 0) is 74.0 Å². The SMILES string of the molecule is CNS(=O)(=O)c1ccc(-n2nc(C(N)=O)c3c2-c2cc(NC(=O)c4ccccc4Cl)ccc2CC3)cc1. The van der Waals surface area contributed by atoms with Crippen LogP contribution in [-0.2, 0) is 22.9 Å². The van der Waals surface area contributed by atoms with Crippen LogP contribution in [0.2, 0.25) is 5.02 Å². The van der Waals surface area contributed by atoms with Crippen LogP contribution in [0.4, 0.5) is 5.69 Å². The van der Waals surface area contributed by atoms with E-state index in [1.54, 1.807) is 41.1 Å². The lowest BCUT2D eigenvalue weighted by Crippen LogP contribution is -2.18. The molecular formula is C26H22ClN5O4S. The lowest BCUT2D eigenvalue weighted by Gasteiger charge is -2.20. The molecule has 0 atom stereocenters. The maximum absolute atomic E-state index is 12.8. The second-order valence-electron chi connectivity index (χ2n) is 8.46. The number of anilines is 1. The number of fused-ring (bicyclic) bond motifs is 3. The fourth-order valence-electron chi connectivity index (χ4n) is 4.43. The van der Waals surface area contributed by atoms with E-state index in [0.717, 1.165) is 11.1 Å². The number of aromatic nitrogens is 2. The highest BCUT2D eigenvalue weighted by Crippen LogP contribution is 2.38. The standard InChI is InChI=1S/C26H22ClN5O4S/c1-29-37(35,36)18-11-9-17(10-12-18)32-24-20(23(31-32)25(28)33)13-7-15-6-8-16(14-21(15)24)30-26(34)19-4-2-3-5-22(19)27/h2-6,8-12,14,29H,7,13H2,1H3,(H2,28,33)(H,30,34). The van der Waals surface area contributed by atoms with Crippen LogP contribution in [0.15, 0.2) is 71.6 Å². The van der Waals surface area contributed by atoms with Crippen molar-refractivity contribution in [3.63, 3.8) is 0 Å². The second kappa shape index (κ2) is 9.47. The molecular weight excluding hydrogens is 514 g/mol. The molecule has 3 aromatic carbocycles.